The summed E-state index contributed by atoms with van der Waals surface area (Å²) in [5.41, 5.74) is 6.39. The summed E-state index contributed by atoms with van der Waals surface area (Å²) in [5, 5.41) is 0. The van der Waals surface area contributed by atoms with Gasteiger partial charge in [-0.2, -0.15) is 0 Å². The molecule has 2 N–H and O–H groups in total. The molecule has 2 aliphatic rings. The Labute approximate surface area is 101 Å². The highest BCUT2D eigenvalue weighted by Gasteiger charge is 2.36. The molecule has 1 aliphatic heterocycles. The molecule has 0 amide bonds. The van der Waals surface area contributed by atoms with E-state index in [2.05, 4.69) is 11.8 Å². The zero-order valence-corrected chi connectivity index (χ0v) is 10.9. The highest BCUT2D eigenvalue weighted by Crippen LogP contribution is 2.44. The Morgan fingerprint density at radius 2 is 1.69 bits per heavy atom. The molecule has 2 fully saturated rings. The van der Waals surface area contributed by atoms with Gasteiger partial charge in [0.15, 0.2) is 0 Å². The number of hydrogen-bond acceptors (Lipinski definition) is 2. The van der Waals surface area contributed by atoms with Crippen molar-refractivity contribution in [2.24, 2.45) is 11.1 Å². The quantitative estimate of drug-likeness (QED) is 0.798. The number of piperidine rings is 1. The van der Waals surface area contributed by atoms with Crippen molar-refractivity contribution in [1.29, 1.82) is 0 Å². The smallest absolute Gasteiger partial charge is 0.00789 e. The average molecular weight is 224 g/mol. The third-order valence-electron chi connectivity index (χ3n) is 4.98. The maximum Gasteiger partial charge on any atom is 0.00789 e. The second kappa shape index (κ2) is 5.50. The molecule has 2 nitrogen and oxygen atoms in total. The minimum atomic E-state index is 0.700. The van der Waals surface area contributed by atoms with Crippen LogP contribution in [0.3, 0.4) is 0 Å². The van der Waals surface area contributed by atoms with Crippen molar-refractivity contribution in [3.05, 3.63) is 0 Å². The summed E-state index contributed by atoms with van der Waals surface area (Å²) in [6.45, 7) is 5.82. The van der Waals surface area contributed by atoms with Crippen molar-refractivity contribution in [3.63, 3.8) is 0 Å². The molecule has 16 heavy (non-hydrogen) atoms. The molecule has 1 heterocycles. The highest BCUT2D eigenvalue weighted by atomic mass is 15.2. The van der Waals surface area contributed by atoms with E-state index in [0.29, 0.717) is 6.04 Å². The van der Waals surface area contributed by atoms with Crippen LogP contribution in [0.15, 0.2) is 0 Å². The van der Waals surface area contributed by atoms with Crippen LogP contribution in [-0.2, 0) is 0 Å². The summed E-state index contributed by atoms with van der Waals surface area (Å²) in [4.78, 5) is 2.66. The van der Waals surface area contributed by atoms with Crippen LogP contribution in [0.25, 0.3) is 0 Å². The summed E-state index contributed by atoms with van der Waals surface area (Å²) < 4.78 is 0. The van der Waals surface area contributed by atoms with Gasteiger partial charge in [0.2, 0.25) is 0 Å². The monoisotopic (exact) mass is 224 g/mol. The summed E-state index contributed by atoms with van der Waals surface area (Å²) in [6, 6.07) is 0.700. The van der Waals surface area contributed by atoms with Gasteiger partial charge in [0.25, 0.3) is 0 Å². The lowest BCUT2D eigenvalue weighted by atomic mass is 9.68. The van der Waals surface area contributed by atoms with E-state index in [-0.39, 0.29) is 0 Å². The predicted molar refractivity (Wildman–Crippen MR) is 69.5 cm³/mol. The standard InChI is InChI=1S/C14H28N2/c1-13(5-10-15)16-11-8-14(9-12-16)6-3-2-4-7-14/h13H,2-12,15H2,1H3. The van der Waals surface area contributed by atoms with Crippen molar-refractivity contribution >= 4 is 0 Å². The molecule has 1 atom stereocenters. The Morgan fingerprint density at radius 3 is 2.25 bits per heavy atom. The molecule has 1 spiro atoms. The second-order valence-corrected chi connectivity index (χ2v) is 6.02. The molecule has 1 unspecified atom stereocenters. The molecular weight excluding hydrogens is 196 g/mol. The number of likely N-dealkylation sites (tertiary alicyclic amines) is 1. The maximum atomic E-state index is 5.65. The fourth-order valence-electron chi connectivity index (χ4n) is 3.66. The molecule has 1 aliphatic carbocycles. The van der Waals surface area contributed by atoms with Gasteiger partial charge in [0.05, 0.1) is 0 Å². The Bertz CT molecular complexity index is 199. The summed E-state index contributed by atoms with van der Waals surface area (Å²) >= 11 is 0. The average Bonchev–Trinajstić information content (AvgIpc) is 2.31. The third kappa shape index (κ3) is 2.78. The van der Waals surface area contributed by atoms with Gasteiger partial charge in [-0.15, -0.1) is 0 Å². The minimum absolute atomic E-state index is 0.700. The van der Waals surface area contributed by atoms with Gasteiger partial charge in [0.1, 0.15) is 0 Å². The topological polar surface area (TPSA) is 29.3 Å². The van der Waals surface area contributed by atoms with Crippen LogP contribution in [0.1, 0.15) is 58.3 Å². The van der Waals surface area contributed by atoms with Gasteiger partial charge in [-0.3, -0.25) is 0 Å². The first-order chi connectivity index (χ1) is 7.76. The normalized spacial score (nSPS) is 28.1. The summed E-state index contributed by atoms with van der Waals surface area (Å²) in [7, 11) is 0. The molecule has 94 valence electrons. The number of hydrogen-bond donors (Lipinski definition) is 1. The Balaban J connectivity index is 1.81. The van der Waals surface area contributed by atoms with Gasteiger partial charge in [-0.1, -0.05) is 19.3 Å². The Hall–Kier alpha value is -0.0800. The predicted octanol–water partition coefficient (Wildman–Crippen LogP) is 2.77. The highest BCUT2D eigenvalue weighted by molar-refractivity contribution is 4.89. The largest absolute Gasteiger partial charge is 0.330 e. The van der Waals surface area contributed by atoms with Crippen LogP contribution >= 0.6 is 0 Å². The van der Waals surface area contributed by atoms with Crippen LogP contribution in [0, 0.1) is 5.41 Å². The van der Waals surface area contributed by atoms with Crippen LogP contribution in [0.2, 0.25) is 0 Å². The van der Waals surface area contributed by atoms with E-state index in [1.807, 2.05) is 0 Å². The molecular formula is C14H28N2. The second-order valence-electron chi connectivity index (χ2n) is 6.02. The van der Waals surface area contributed by atoms with Crippen LogP contribution < -0.4 is 5.73 Å². The lowest BCUT2D eigenvalue weighted by Gasteiger charge is -2.46. The number of nitrogens with two attached hydrogens (primary N) is 1. The zero-order chi connectivity index (χ0) is 11.4. The molecule has 0 radical (unpaired) electrons. The Kier molecular flexibility index (Phi) is 4.26. The SMILES string of the molecule is CC(CCN)N1CCC2(CCCCC2)CC1. The first-order valence-corrected chi connectivity index (χ1v) is 7.20. The Morgan fingerprint density at radius 1 is 1.06 bits per heavy atom. The molecule has 0 aromatic rings. The molecule has 0 bridgehead atoms. The van der Waals surface area contributed by atoms with E-state index in [0.717, 1.165) is 18.4 Å². The van der Waals surface area contributed by atoms with E-state index in [1.165, 1.54) is 58.0 Å². The summed E-state index contributed by atoms with van der Waals surface area (Å²) in [6.07, 6.45) is 11.5. The maximum absolute atomic E-state index is 5.65. The van der Waals surface area contributed by atoms with E-state index in [9.17, 15) is 0 Å². The van der Waals surface area contributed by atoms with Crippen LogP contribution in [-0.4, -0.2) is 30.6 Å². The van der Waals surface area contributed by atoms with Gasteiger partial charge in [0, 0.05) is 6.04 Å². The molecule has 0 aromatic carbocycles. The third-order valence-corrected chi connectivity index (χ3v) is 4.98. The fourth-order valence-corrected chi connectivity index (χ4v) is 3.66. The van der Waals surface area contributed by atoms with E-state index < -0.39 is 0 Å². The lowest BCUT2D eigenvalue weighted by Crippen LogP contribution is -2.45. The van der Waals surface area contributed by atoms with E-state index >= 15 is 0 Å². The van der Waals surface area contributed by atoms with Crippen molar-refractivity contribution < 1.29 is 0 Å². The lowest BCUT2D eigenvalue weighted by molar-refractivity contribution is 0.0477. The fraction of sp³-hybridized carbons (Fsp3) is 1.00. The first-order valence-electron chi connectivity index (χ1n) is 7.20. The molecule has 0 aromatic heterocycles. The molecule has 1 saturated carbocycles. The molecule has 2 heteroatoms. The van der Waals surface area contributed by atoms with E-state index in [1.54, 1.807) is 0 Å². The summed E-state index contributed by atoms with van der Waals surface area (Å²) in [5.74, 6) is 0. The van der Waals surface area contributed by atoms with Crippen molar-refractivity contribution in [2.45, 2.75) is 64.3 Å². The number of rotatable bonds is 3. The van der Waals surface area contributed by atoms with Gasteiger partial charge in [-0.25, -0.2) is 0 Å². The molecule has 2 rings (SSSR count). The molecule has 1 saturated heterocycles. The first kappa shape index (κ1) is 12.4. The van der Waals surface area contributed by atoms with Crippen LogP contribution in [0.4, 0.5) is 0 Å². The van der Waals surface area contributed by atoms with Gasteiger partial charge in [-0.05, 0) is 64.1 Å². The van der Waals surface area contributed by atoms with Crippen molar-refractivity contribution in [2.75, 3.05) is 19.6 Å². The van der Waals surface area contributed by atoms with Gasteiger partial charge < -0.3 is 10.6 Å². The van der Waals surface area contributed by atoms with Crippen molar-refractivity contribution in [3.8, 4) is 0 Å². The van der Waals surface area contributed by atoms with Crippen LogP contribution in [0.5, 0.6) is 0 Å². The van der Waals surface area contributed by atoms with Gasteiger partial charge >= 0.3 is 0 Å². The zero-order valence-electron chi connectivity index (χ0n) is 10.9. The van der Waals surface area contributed by atoms with E-state index in [4.69, 9.17) is 5.73 Å². The van der Waals surface area contributed by atoms with Crippen molar-refractivity contribution in [1.82, 2.24) is 4.90 Å². The number of nitrogens with zero attached hydrogens (tertiary/aromatic N) is 1. The minimum Gasteiger partial charge on any atom is -0.330 e.